The van der Waals surface area contributed by atoms with Gasteiger partial charge in [0, 0.05) is 45.2 Å². The summed E-state index contributed by atoms with van der Waals surface area (Å²) in [6.07, 6.45) is 5.26. The summed E-state index contributed by atoms with van der Waals surface area (Å²) in [5, 5.41) is 10.1. The molecule has 222 valence electrons. The molecule has 0 aromatic carbocycles. The van der Waals surface area contributed by atoms with Gasteiger partial charge in [0.05, 0.1) is 35.9 Å². The van der Waals surface area contributed by atoms with Gasteiger partial charge in [0.2, 0.25) is 0 Å². The third kappa shape index (κ3) is 6.60. The van der Waals surface area contributed by atoms with Crippen molar-refractivity contribution < 1.29 is 23.8 Å². The lowest BCUT2D eigenvalue weighted by atomic mass is 10.1. The molecule has 0 saturated carbocycles. The van der Waals surface area contributed by atoms with E-state index < -0.39 is 11.7 Å². The number of methoxy groups -OCH3 is 1. The topological polar surface area (TPSA) is 139 Å². The van der Waals surface area contributed by atoms with Crippen LogP contribution < -0.4 is 9.80 Å². The Morgan fingerprint density at radius 1 is 1.26 bits per heavy atom. The molecule has 0 radical (unpaired) electrons. The monoisotopic (exact) mass is 576 g/mol. The van der Waals surface area contributed by atoms with Gasteiger partial charge in [-0.1, -0.05) is 12.7 Å². The highest BCUT2D eigenvalue weighted by atomic mass is 16.6. The zero-order chi connectivity index (χ0) is 30.4. The van der Waals surface area contributed by atoms with Crippen molar-refractivity contribution in [3.05, 3.63) is 49.1 Å². The average Bonchev–Trinajstić information content (AvgIpc) is 3.35. The first kappa shape index (κ1) is 30.3. The van der Waals surface area contributed by atoms with Crippen molar-refractivity contribution in [1.82, 2.24) is 24.4 Å². The molecule has 0 N–H and O–H groups in total. The number of anilines is 2. The Balaban J connectivity index is 1.83. The van der Waals surface area contributed by atoms with Crippen molar-refractivity contribution >= 4 is 34.7 Å². The van der Waals surface area contributed by atoms with E-state index in [2.05, 4.69) is 32.5 Å². The SMILES string of the molecule is C=CCOC(=O)N(CCOC)c1cn(-c2cc(C#N)ccn2)c2ncnc(N3CCN(C(=O)OC(C)(C)C)C[C@@H]3C)c12. The fraction of sp³-hybridized carbons (Fsp3) is 0.448. The van der Waals surface area contributed by atoms with Crippen LogP contribution in [0.4, 0.5) is 21.1 Å². The van der Waals surface area contributed by atoms with Crippen LogP contribution in [0.25, 0.3) is 16.9 Å². The Kier molecular flexibility index (Phi) is 9.27. The summed E-state index contributed by atoms with van der Waals surface area (Å²) in [6.45, 7) is 12.9. The minimum atomic E-state index is -0.600. The van der Waals surface area contributed by atoms with E-state index in [1.54, 1.807) is 41.1 Å². The lowest BCUT2D eigenvalue weighted by Gasteiger charge is -2.41. The summed E-state index contributed by atoms with van der Waals surface area (Å²) in [6, 6.07) is 5.25. The lowest BCUT2D eigenvalue weighted by molar-refractivity contribution is 0.0218. The summed E-state index contributed by atoms with van der Waals surface area (Å²) in [4.78, 5) is 45.0. The summed E-state index contributed by atoms with van der Waals surface area (Å²) >= 11 is 0. The van der Waals surface area contributed by atoms with Gasteiger partial charge in [-0.2, -0.15) is 5.26 Å². The smallest absolute Gasteiger partial charge is 0.414 e. The number of carbonyl (C=O) groups is 2. The average molecular weight is 577 g/mol. The number of carbonyl (C=O) groups excluding carboxylic acids is 2. The molecule has 4 heterocycles. The van der Waals surface area contributed by atoms with Crippen molar-refractivity contribution in [2.75, 3.05) is 56.3 Å². The number of pyridine rings is 1. The molecule has 2 amide bonds. The largest absolute Gasteiger partial charge is 0.445 e. The fourth-order valence-electron chi connectivity index (χ4n) is 4.71. The van der Waals surface area contributed by atoms with E-state index >= 15 is 0 Å². The Morgan fingerprint density at radius 2 is 2.05 bits per heavy atom. The minimum absolute atomic E-state index is 0.0275. The third-order valence-electron chi connectivity index (χ3n) is 6.57. The van der Waals surface area contributed by atoms with Crippen LogP contribution in [0.3, 0.4) is 0 Å². The zero-order valence-electron chi connectivity index (χ0n) is 24.6. The molecule has 0 spiro atoms. The van der Waals surface area contributed by atoms with Crippen molar-refractivity contribution in [2.45, 2.75) is 39.3 Å². The van der Waals surface area contributed by atoms with Crippen LogP contribution in [-0.2, 0) is 14.2 Å². The molecule has 1 atom stereocenters. The predicted octanol–water partition coefficient (Wildman–Crippen LogP) is 3.91. The lowest BCUT2D eigenvalue weighted by Crippen LogP contribution is -2.55. The standard InChI is InChI=1S/C29H36N8O5/c1-7-13-41-28(39)36(12-14-40-6)22-18-37(23-15-21(16-30)8-9-31-23)26-24(22)25(32-19-33-26)35-11-10-34(17-20(35)2)27(38)42-29(3,4)5/h7-9,15,18-20H,1,10-14,17H2,2-6H3/t20-/m0/s1. The number of fused-ring (bicyclic) bond motifs is 1. The van der Waals surface area contributed by atoms with Crippen LogP contribution in [0.1, 0.15) is 33.3 Å². The first-order valence-electron chi connectivity index (χ1n) is 13.6. The molecule has 0 aliphatic carbocycles. The molecule has 13 heteroatoms. The molecule has 1 aliphatic rings. The van der Waals surface area contributed by atoms with E-state index in [4.69, 9.17) is 14.2 Å². The molecule has 13 nitrogen and oxygen atoms in total. The van der Waals surface area contributed by atoms with Gasteiger partial charge < -0.3 is 24.0 Å². The summed E-state index contributed by atoms with van der Waals surface area (Å²) in [7, 11) is 1.55. The van der Waals surface area contributed by atoms with Crippen molar-refractivity contribution in [2.24, 2.45) is 0 Å². The van der Waals surface area contributed by atoms with E-state index in [9.17, 15) is 14.9 Å². The van der Waals surface area contributed by atoms with Crippen LogP contribution in [0.2, 0.25) is 0 Å². The number of ether oxygens (including phenoxy) is 3. The molecular weight excluding hydrogens is 540 g/mol. The normalized spacial score (nSPS) is 15.3. The van der Waals surface area contributed by atoms with Gasteiger partial charge in [0.15, 0.2) is 5.65 Å². The first-order valence-corrected chi connectivity index (χ1v) is 13.6. The van der Waals surface area contributed by atoms with Gasteiger partial charge in [-0.15, -0.1) is 0 Å². The number of hydrogen-bond donors (Lipinski definition) is 0. The highest BCUT2D eigenvalue weighted by Gasteiger charge is 2.33. The first-order chi connectivity index (χ1) is 20.1. The molecule has 0 bridgehead atoms. The van der Waals surface area contributed by atoms with Gasteiger partial charge in [0.25, 0.3) is 0 Å². The van der Waals surface area contributed by atoms with E-state index in [0.717, 1.165) is 0 Å². The molecule has 3 aromatic rings. The summed E-state index contributed by atoms with van der Waals surface area (Å²) in [5.41, 5.74) is 0.791. The molecule has 1 aliphatic heterocycles. The van der Waals surface area contributed by atoms with Crippen LogP contribution in [-0.4, -0.2) is 94.8 Å². The number of hydrogen-bond acceptors (Lipinski definition) is 10. The molecular formula is C29H36N8O5. The Hall–Kier alpha value is -4.70. The second kappa shape index (κ2) is 12.9. The number of nitriles is 1. The third-order valence-corrected chi connectivity index (χ3v) is 6.57. The summed E-state index contributed by atoms with van der Waals surface area (Å²) in [5.74, 6) is 1.03. The van der Waals surface area contributed by atoms with Crippen molar-refractivity contribution in [1.29, 1.82) is 5.26 Å². The van der Waals surface area contributed by atoms with Crippen molar-refractivity contribution in [3.63, 3.8) is 0 Å². The molecule has 0 unspecified atom stereocenters. The number of nitrogens with zero attached hydrogens (tertiary/aromatic N) is 8. The minimum Gasteiger partial charge on any atom is -0.445 e. The van der Waals surface area contributed by atoms with Gasteiger partial charge in [-0.25, -0.2) is 24.5 Å². The van der Waals surface area contributed by atoms with Crippen LogP contribution >= 0.6 is 0 Å². The number of amides is 2. The van der Waals surface area contributed by atoms with Gasteiger partial charge in [-0.3, -0.25) is 9.47 Å². The van der Waals surface area contributed by atoms with Crippen LogP contribution in [0.5, 0.6) is 0 Å². The number of aromatic nitrogens is 4. The van der Waals surface area contributed by atoms with E-state index in [-0.39, 0.29) is 31.9 Å². The van der Waals surface area contributed by atoms with E-state index in [1.165, 1.54) is 17.3 Å². The zero-order valence-corrected chi connectivity index (χ0v) is 24.6. The molecule has 1 fully saturated rings. The number of piperazine rings is 1. The van der Waals surface area contributed by atoms with Crippen LogP contribution in [0.15, 0.2) is 43.5 Å². The maximum atomic E-state index is 13.3. The predicted molar refractivity (Wildman–Crippen MR) is 157 cm³/mol. The maximum Gasteiger partial charge on any atom is 0.414 e. The second-order valence-corrected chi connectivity index (χ2v) is 10.8. The van der Waals surface area contributed by atoms with Gasteiger partial charge in [-0.05, 0) is 39.8 Å². The van der Waals surface area contributed by atoms with Gasteiger partial charge >= 0.3 is 12.2 Å². The van der Waals surface area contributed by atoms with Crippen molar-refractivity contribution in [3.8, 4) is 11.9 Å². The quantitative estimate of drug-likeness (QED) is 0.363. The van der Waals surface area contributed by atoms with Gasteiger partial charge in [0.1, 0.15) is 30.2 Å². The maximum absolute atomic E-state index is 13.3. The highest BCUT2D eigenvalue weighted by molar-refractivity contribution is 6.06. The molecule has 1 saturated heterocycles. The molecule has 42 heavy (non-hydrogen) atoms. The van der Waals surface area contributed by atoms with E-state index in [1.807, 2.05) is 27.7 Å². The Bertz CT molecular complexity index is 1490. The number of rotatable bonds is 8. The van der Waals surface area contributed by atoms with E-state index in [0.29, 0.717) is 53.6 Å². The highest BCUT2D eigenvalue weighted by Crippen LogP contribution is 2.37. The fourth-order valence-corrected chi connectivity index (χ4v) is 4.71. The summed E-state index contributed by atoms with van der Waals surface area (Å²) < 4.78 is 18.0. The second-order valence-electron chi connectivity index (χ2n) is 10.8. The molecule has 3 aromatic heterocycles. The Labute approximate surface area is 244 Å². The van der Waals surface area contributed by atoms with Crippen LogP contribution in [0, 0.1) is 11.3 Å². The Morgan fingerprint density at radius 3 is 2.71 bits per heavy atom. The molecule has 4 rings (SSSR count).